The molecule has 3 heterocycles. The zero-order valence-electron chi connectivity index (χ0n) is 10.9. The van der Waals surface area contributed by atoms with Gasteiger partial charge in [-0.15, -0.1) is 0 Å². The van der Waals surface area contributed by atoms with Gasteiger partial charge in [-0.1, -0.05) is 0 Å². The molecule has 0 amide bonds. The first-order valence-electron chi connectivity index (χ1n) is 6.03. The van der Waals surface area contributed by atoms with Crippen molar-refractivity contribution in [2.75, 3.05) is 0 Å². The number of fused-ring (bicyclic) bond motifs is 1. The van der Waals surface area contributed by atoms with Gasteiger partial charge in [-0.3, -0.25) is 0 Å². The summed E-state index contributed by atoms with van der Waals surface area (Å²) in [7, 11) is 0. The number of hydrogen-bond acceptors (Lipinski definition) is 6. The Morgan fingerprint density at radius 3 is 2.39 bits per heavy atom. The maximum Gasteiger partial charge on any atom is 0.244 e. The summed E-state index contributed by atoms with van der Waals surface area (Å²) in [6.07, 6.45) is -1.05. The maximum atomic E-state index is 10.2. The van der Waals surface area contributed by atoms with Crippen molar-refractivity contribution in [3.8, 4) is 0 Å². The number of ether oxygens (including phenoxy) is 5. The number of aliphatic hydroxyl groups is 1. The Hall–Kier alpha value is -0.820. The summed E-state index contributed by atoms with van der Waals surface area (Å²) in [5.74, 6) is -0.995. The van der Waals surface area contributed by atoms with Crippen LogP contribution in [0.1, 0.15) is 27.7 Å². The lowest BCUT2D eigenvalue weighted by molar-refractivity contribution is -0.217. The number of aliphatic hydroxyl groups excluding tert-OH is 1. The fourth-order valence-corrected chi connectivity index (χ4v) is 2.38. The maximum absolute atomic E-state index is 10.2. The molecule has 1 N–H and O–H groups in total. The predicted molar refractivity (Wildman–Crippen MR) is 59.0 cm³/mol. The molecule has 0 aromatic rings. The lowest BCUT2D eigenvalue weighted by Gasteiger charge is -2.24. The van der Waals surface area contributed by atoms with Crippen molar-refractivity contribution < 1.29 is 28.8 Å². The molecule has 0 bridgehead atoms. The van der Waals surface area contributed by atoms with Crippen molar-refractivity contribution in [3.05, 3.63) is 12.0 Å². The fraction of sp³-hybridized carbons (Fsp3) is 0.833. The predicted octanol–water partition coefficient (Wildman–Crippen LogP) is 0.848. The third-order valence-electron chi connectivity index (χ3n) is 3.12. The van der Waals surface area contributed by atoms with Gasteiger partial charge in [0.05, 0.1) is 0 Å². The normalized spacial score (nSPS) is 44.2. The van der Waals surface area contributed by atoms with Gasteiger partial charge in [0.2, 0.25) is 5.79 Å². The topological polar surface area (TPSA) is 66.4 Å². The molecule has 2 saturated heterocycles. The lowest BCUT2D eigenvalue weighted by Crippen LogP contribution is -2.36. The van der Waals surface area contributed by atoms with E-state index in [2.05, 4.69) is 0 Å². The van der Waals surface area contributed by atoms with Crippen LogP contribution >= 0.6 is 0 Å². The van der Waals surface area contributed by atoms with Gasteiger partial charge in [-0.25, -0.2) is 0 Å². The van der Waals surface area contributed by atoms with Gasteiger partial charge in [-0.2, -0.15) is 0 Å². The Kier molecular flexibility index (Phi) is 2.45. The fourth-order valence-electron chi connectivity index (χ4n) is 2.38. The van der Waals surface area contributed by atoms with E-state index in [1.54, 1.807) is 27.7 Å². The SMILES string of the molecule is CC1(C)OC=C([C@H]2O[C@@H]3OC(C)(C)O[C@@H]3[C@H]2O)O1. The third-order valence-corrected chi connectivity index (χ3v) is 3.12. The number of hydrogen-bond donors (Lipinski definition) is 1. The number of rotatable bonds is 1. The molecule has 6 nitrogen and oxygen atoms in total. The largest absolute Gasteiger partial charge is 0.457 e. The van der Waals surface area contributed by atoms with Gasteiger partial charge in [0, 0.05) is 13.8 Å². The van der Waals surface area contributed by atoms with Crippen LogP contribution in [0.5, 0.6) is 0 Å². The highest BCUT2D eigenvalue weighted by Gasteiger charge is 2.56. The van der Waals surface area contributed by atoms with Crippen LogP contribution in [0.3, 0.4) is 0 Å². The van der Waals surface area contributed by atoms with Crippen LogP contribution in [0, 0.1) is 0 Å². The van der Waals surface area contributed by atoms with Crippen molar-refractivity contribution >= 4 is 0 Å². The Morgan fingerprint density at radius 1 is 1.11 bits per heavy atom. The summed E-state index contributed by atoms with van der Waals surface area (Å²) in [6, 6.07) is 0. The minimum atomic E-state index is -0.833. The van der Waals surface area contributed by atoms with E-state index in [0.717, 1.165) is 0 Å². The van der Waals surface area contributed by atoms with E-state index < -0.39 is 36.2 Å². The van der Waals surface area contributed by atoms with Crippen LogP contribution in [0.25, 0.3) is 0 Å². The van der Waals surface area contributed by atoms with E-state index in [4.69, 9.17) is 23.7 Å². The van der Waals surface area contributed by atoms with Gasteiger partial charge >= 0.3 is 0 Å². The van der Waals surface area contributed by atoms with Gasteiger partial charge in [0.1, 0.15) is 24.6 Å². The summed E-state index contributed by atoms with van der Waals surface area (Å²) in [5, 5.41) is 10.2. The van der Waals surface area contributed by atoms with Crippen LogP contribution in [0.4, 0.5) is 0 Å². The average Bonchev–Trinajstić information content (AvgIpc) is 2.81. The Labute approximate surface area is 105 Å². The van der Waals surface area contributed by atoms with E-state index in [0.29, 0.717) is 5.76 Å². The summed E-state index contributed by atoms with van der Waals surface area (Å²) in [4.78, 5) is 0. The highest BCUT2D eigenvalue weighted by atomic mass is 16.8. The lowest BCUT2D eigenvalue weighted by atomic mass is 10.1. The smallest absolute Gasteiger partial charge is 0.244 e. The minimum Gasteiger partial charge on any atom is -0.457 e. The van der Waals surface area contributed by atoms with Crippen molar-refractivity contribution in [1.29, 1.82) is 0 Å². The molecule has 0 unspecified atom stereocenters. The summed E-state index contributed by atoms with van der Waals surface area (Å²) in [5.41, 5.74) is 0. The first kappa shape index (κ1) is 12.2. The van der Waals surface area contributed by atoms with Crippen LogP contribution in [0.2, 0.25) is 0 Å². The average molecular weight is 258 g/mol. The van der Waals surface area contributed by atoms with Gasteiger partial charge in [-0.05, 0) is 13.8 Å². The second-order valence-electron chi connectivity index (χ2n) is 5.66. The molecule has 0 saturated carbocycles. The molecule has 0 radical (unpaired) electrons. The Bertz CT molecular complexity index is 388. The summed E-state index contributed by atoms with van der Waals surface area (Å²) >= 11 is 0. The van der Waals surface area contributed by atoms with Crippen molar-refractivity contribution in [2.24, 2.45) is 0 Å². The molecule has 0 spiro atoms. The summed E-state index contributed by atoms with van der Waals surface area (Å²) < 4.78 is 27.7. The van der Waals surface area contributed by atoms with Crippen LogP contribution < -0.4 is 0 Å². The monoisotopic (exact) mass is 258 g/mol. The first-order chi connectivity index (χ1) is 8.27. The highest BCUT2D eigenvalue weighted by molar-refractivity contribution is 5.10. The molecule has 3 aliphatic rings. The summed E-state index contributed by atoms with van der Waals surface area (Å²) in [6.45, 7) is 7.14. The molecule has 0 aromatic heterocycles. The van der Waals surface area contributed by atoms with Crippen molar-refractivity contribution in [2.45, 2.75) is 63.9 Å². The zero-order chi connectivity index (χ0) is 13.1. The van der Waals surface area contributed by atoms with Gasteiger partial charge in [0.25, 0.3) is 0 Å². The molecule has 102 valence electrons. The molecular formula is C12H18O6. The van der Waals surface area contributed by atoms with Crippen molar-refractivity contribution in [3.63, 3.8) is 0 Å². The zero-order valence-corrected chi connectivity index (χ0v) is 10.9. The molecule has 4 atom stereocenters. The van der Waals surface area contributed by atoms with Crippen molar-refractivity contribution in [1.82, 2.24) is 0 Å². The molecule has 2 fully saturated rings. The molecule has 6 heteroatoms. The van der Waals surface area contributed by atoms with E-state index in [1.165, 1.54) is 6.26 Å². The quantitative estimate of drug-likeness (QED) is 0.752. The molecule has 3 rings (SSSR count). The first-order valence-corrected chi connectivity index (χ1v) is 6.03. The van der Waals surface area contributed by atoms with E-state index in [9.17, 15) is 5.11 Å². The minimum absolute atomic E-state index is 0.465. The Morgan fingerprint density at radius 2 is 1.83 bits per heavy atom. The van der Waals surface area contributed by atoms with E-state index in [1.807, 2.05) is 0 Å². The molecular weight excluding hydrogens is 240 g/mol. The van der Waals surface area contributed by atoms with Crippen LogP contribution in [-0.4, -0.2) is 41.3 Å². The van der Waals surface area contributed by atoms with E-state index in [-0.39, 0.29) is 0 Å². The third kappa shape index (κ3) is 1.89. The van der Waals surface area contributed by atoms with E-state index >= 15 is 0 Å². The second-order valence-corrected chi connectivity index (χ2v) is 5.66. The van der Waals surface area contributed by atoms with Gasteiger partial charge in [0.15, 0.2) is 17.8 Å². The second kappa shape index (κ2) is 3.60. The molecule has 18 heavy (non-hydrogen) atoms. The van der Waals surface area contributed by atoms with Crippen LogP contribution in [-0.2, 0) is 23.7 Å². The standard InChI is InChI=1S/C12H18O6/c1-11(2)14-5-6(16-11)8-7(13)9-10(15-8)18-12(3,4)17-9/h5,7-10,13H,1-4H3/t7-,8+,9+,10+/m0/s1. The highest BCUT2D eigenvalue weighted by Crippen LogP contribution is 2.41. The molecule has 0 aliphatic carbocycles. The molecule has 3 aliphatic heterocycles. The van der Waals surface area contributed by atoms with Gasteiger partial charge < -0.3 is 28.8 Å². The van der Waals surface area contributed by atoms with Crippen LogP contribution in [0.15, 0.2) is 12.0 Å². The Balaban J connectivity index is 1.72. The molecule has 0 aromatic carbocycles.